The molecule has 2 heterocycles. The number of ether oxygens (including phenoxy) is 1. The minimum Gasteiger partial charge on any atom is -0.440 e. The number of rotatable bonds is 10. The summed E-state index contributed by atoms with van der Waals surface area (Å²) < 4.78 is 6.36. The lowest BCUT2D eigenvalue weighted by Crippen LogP contribution is -2.33. The van der Waals surface area contributed by atoms with E-state index in [1.165, 1.54) is 0 Å². The van der Waals surface area contributed by atoms with Gasteiger partial charge in [0.2, 0.25) is 0 Å². The molecule has 0 aliphatic carbocycles. The second kappa shape index (κ2) is 11.1. The maximum absolute atomic E-state index is 13.2. The summed E-state index contributed by atoms with van der Waals surface area (Å²) in [4.78, 5) is 22.1. The molecule has 0 atom stereocenters. The molecule has 36 heavy (non-hydrogen) atoms. The lowest BCUT2D eigenvalue weighted by atomic mass is 9.77. The van der Waals surface area contributed by atoms with Gasteiger partial charge in [-0.3, -0.25) is 4.98 Å². The van der Waals surface area contributed by atoms with Gasteiger partial charge in [0.1, 0.15) is 0 Å². The predicted octanol–water partition coefficient (Wildman–Crippen LogP) is 6.71. The highest BCUT2D eigenvalue weighted by molar-refractivity contribution is 6.17. The van der Waals surface area contributed by atoms with Crippen molar-refractivity contribution in [1.29, 1.82) is 0 Å². The van der Waals surface area contributed by atoms with Crippen LogP contribution in [-0.4, -0.2) is 37.1 Å². The van der Waals surface area contributed by atoms with Crippen molar-refractivity contribution in [1.82, 2.24) is 4.98 Å². The molecule has 1 aliphatic rings. The van der Waals surface area contributed by atoms with Crippen molar-refractivity contribution in [2.45, 2.75) is 45.1 Å². The first-order valence-electron chi connectivity index (χ1n) is 12.5. The first-order valence-corrected chi connectivity index (χ1v) is 13.6. The van der Waals surface area contributed by atoms with Gasteiger partial charge in [0, 0.05) is 78.4 Å². The zero-order valence-corrected chi connectivity index (χ0v) is 22.9. The van der Waals surface area contributed by atoms with Crippen molar-refractivity contribution in [2.75, 3.05) is 36.0 Å². The number of carbonyl (C=O) groups excluding carboxylic acids is 1. The molecule has 190 valence electrons. The monoisotopic (exact) mass is 525 g/mol. The summed E-state index contributed by atoms with van der Waals surface area (Å²) in [6.45, 7) is 12.0. The number of aromatic nitrogens is 1. The Hall–Kier alpha value is -2.76. The van der Waals surface area contributed by atoms with Gasteiger partial charge in [-0.25, -0.2) is 4.79 Å². The average molecular weight is 527 g/mol. The van der Waals surface area contributed by atoms with Crippen LogP contribution in [0.25, 0.3) is 0 Å². The fourth-order valence-electron chi connectivity index (χ4n) is 5.29. The van der Waals surface area contributed by atoms with Crippen molar-refractivity contribution < 1.29 is 9.53 Å². The quantitative estimate of drug-likeness (QED) is 0.217. The zero-order chi connectivity index (χ0) is 25.9. The van der Waals surface area contributed by atoms with Gasteiger partial charge in [0.05, 0.1) is 5.56 Å². The van der Waals surface area contributed by atoms with E-state index in [1.54, 1.807) is 18.5 Å². The van der Waals surface area contributed by atoms with Crippen LogP contribution in [0.5, 0.6) is 0 Å². The number of cyclic esters (lactones) is 1. The van der Waals surface area contributed by atoms with Crippen molar-refractivity contribution in [3.8, 4) is 0 Å². The second-order valence-corrected chi connectivity index (χ2v) is 9.32. The SMILES string of the molecule is CCN(CC)c1ccc(C2(c3ccc(N(CC)CC)cc3CCl)OC(=O)c3ccncc32)c(CCl)c1. The Bertz CT molecular complexity index is 1180. The molecular formula is C29H33Cl2N3O2. The molecule has 0 bridgehead atoms. The van der Waals surface area contributed by atoms with Gasteiger partial charge in [0.15, 0.2) is 5.60 Å². The van der Waals surface area contributed by atoms with Crippen LogP contribution in [0.4, 0.5) is 11.4 Å². The maximum atomic E-state index is 13.2. The van der Waals surface area contributed by atoms with E-state index >= 15 is 0 Å². The third-order valence-electron chi connectivity index (χ3n) is 7.15. The van der Waals surface area contributed by atoms with E-state index in [1.807, 2.05) is 12.1 Å². The number of fused-ring (bicyclic) bond motifs is 1. The van der Waals surface area contributed by atoms with Crippen LogP contribution in [0.2, 0.25) is 0 Å². The molecule has 1 aromatic heterocycles. The number of anilines is 2. The largest absolute Gasteiger partial charge is 0.440 e. The number of esters is 1. The summed E-state index contributed by atoms with van der Waals surface area (Å²) in [5, 5.41) is 0. The molecule has 0 amide bonds. The molecule has 0 radical (unpaired) electrons. The molecule has 0 N–H and O–H groups in total. The molecule has 5 nitrogen and oxygen atoms in total. The highest BCUT2D eigenvalue weighted by Gasteiger charge is 2.50. The van der Waals surface area contributed by atoms with Gasteiger partial charge >= 0.3 is 5.97 Å². The fraction of sp³-hybridized carbons (Fsp3) is 0.379. The van der Waals surface area contributed by atoms with Crippen molar-refractivity contribution >= 4 is 40.5 Å². The Morgan fingerprint density at radius 1 is 0.778 bits per heavy atom. The van der Waals surface area contributed by atoms with Crippen LogP contribution in [0.15, 0.2) is 54.9 Å². The smallest absolute Gasteiger partial charge is 0.340 e. The molecule has 0 saturated heterocycles. The topological polar surface area (TPSA) is 45.7 Å². The van der Waals surface area contributed by atoms with Crippen LogP contribution in [0.3, 0.4) is 0 Å². The molecule has 0 unspecified atom stereocenters. The zero-order valence-electron chi connectivity index (χ0n) is 21.4. The minimum absolute atomic E-state index is 0.271. The van der Waals surface area contributed by atoms with Crippen LogP contribution < -0.4 is 9.80 Å². The Labute approximate surface area is 224 Å². The number of nitrogens with zero attached hydrogens (tertiary/aromatic N) is 3. The number of hydrogen-bond acceptors (Lipinski definition) is 5. The van der Waals surface area contributed by atoms with Gasteiger partial charge in [-0.05, 0) is 69.2 Å². The normalized spacial score (nSPS) is 13.9. The van der Waals surface area contributed by atoms with Crippen LogP contribution in [0, 0.1) is 0 Å². The van der Waals surface area contributed by atoms with Gasteiger partial charge in [-0.15, -0.1) is 23.2 Å². The molecular weight excluding hydrogens is 493 g/mol. The first kappa shape index (κ1) is 26.3. The third-order valence-corrected chi connectivity index (χ3v) is 7.72. The minimum atomic E-state index is -1.20. The van der Waals surface area contributed by atoms with Gasteiger partial charge < -0.3 is 14.5 Å². The number of alkyl halides is 2. The Morgan fingerprint density at radius 2 is 1.28 bits per heavy atom. The lowest BCUT2D eigenvalue weighted by Gasteiger charge is -2.34. The van der Waals surface area contributed by atoms with E-state index < -0.39 is 5.60 Å². The maximum Gasteiger partial charge on any atom is 0.340 e. The van der Waals surface area contributed by atoms with E-state index in [0.29, 0.717) is 11.1 Å². The predicted molar refractivity (Wildman–Crippen MR) is 149 cm³/mol. The van der Waals surface area contributed by atoms with E-state index in [2.05, 4.69) is 66.7 Å². The van der Waals surface area contributed by atoms with Gasteiger partial charge in [-0.2, -0.15) is 0 Å². The van der Waals surface area contributed by atoms with E-state index in [9.17, 15) is 4.79 Å². The molecule has 7 heteroatoms. The third kappa shape index (κ3) is 4.33. The van der Waals surface area contributed by atoms with Crippen molar-refractivity contribution in [3.63, 3.8) is 0 Å². The molecule has 0 spiro atoms. The summed E-state index contributed by atoms with van der Waals surface area (Å²) in [5.74, 6) is 0.161. The second-order valence-electron chi connectivity index (χ2n) is 8.79. The van der Waals surface area contributed by atoms with E-state index in [0.717, 1.165) is 59.8 Å². The molecule has 0 saturated carbocycles. The highest BCUT2D eigenvalue weighted by atomic mass is 35.5. The summed E-state index contributed by atoms with van der Waals surface area (Å²) in [5.41, 5.74) is 5.65. The molecule has 3 aromatic rings. The summed E-state index contributed by atoms with van der Waals surface area (Å²) in [6.07, 6.45) is 3.35. The lowest BCUT2D eigenvalue weighted by molar-refractivity contribution is 0.0247. The number of halogens is 2. The van der Waals surface area contributed by atoms with Crippen molar-refractivity contribution in [3.05, 3.63) is 88.2 Å². The number of carbonyl (C=O) groups is 1. The Balaban J connectivity index is 2.02. The van der Waals surface area contributed by atoms with E-state index in [-0.39, 0.29) is 17.7 Å². The molecule has 2 aromatic carbocycles. The molecule has 0 fully saturated rings. The van der Waals surface area contributed by atoms with Crippen LogP contribution >= 0.6 is 23.2 Å². The standard InChI is InChI=1S/C29H33Cl2N3O2/c1-5-33(6-2)22-9-11-25(20(15-22)17-30)29(27-19-32-14-13-24(27)28(35)36-29)26-12-10-23(16-21(26)18-31)34(7-3)8-4/h9-16,19H,5-8,17-18H2,1-4H3. The summed E-state index contributed by atoms with van der Waals surface area (Å²) in [7, 11) is 0. The molecule has 4 rings (SSSR count). The first-order chi connectivity index (χ1) is 17.5. The van der Waals surface area contributed by atoms with Gasteiger partial charge in [0.25, 0.3) is 0 Å². The summed E-state index contributed by atoms with van der Waals surface area (Å²) in [6, 6.07) is 14.1. The van der Waals surface area contributed by atoms with Crippen molar-refractivity contribution in [2.24, 2.45) is 0 Å². The number of pyridine rings is 1. The molecule has 1 aliphatic heterocycles. The number of hydrogen-bond donors (Lipinski definition) is 0. The Morgan fingerprint density at radius 3 is 1.72 bits per heavy atom. The average Bonchev–Trinajstić information content (AvgIpc) is 3.22. The van der Waals surface area contributed by atoms with Crippen LogP contribution in [-0.2, 0) is 22.1 Å². The van der Waals surface area contributed by atoms with E-state index in [4.69, 9.17) is 27.9 Å². The fourth-order valence-corrected chi connectivity index (χ4v) is 5.73. The summed E-state index contributed by atoms with van der Waals surface area (Å²) >= 11 is 13.1. The Kier molecular flexibility index (Phi) is 8.11. The number of benzene rings is 2. The highest BCUT2D eigenvalue weighted by Crippen LogP contribution is 2.50. The van der Waals surface area contributed by atoms with Gasteiger partial charge in [-0.1, -0.05) is 12.1 Å². The van der Waals surface area contributed by atoms with Crippen LogP contribution in [0.1, 0.15) is 65.9 Å².